The molecule has 2 aromatic rings. The maximum atomic E-state index is 12.2. The number of ether oxygens (including phenoxy) is 1. The van der Waals surface area contributed by atoms with Crippen LogP contribution in [0.3, 0.4) is 0 Å². The van der Waals surface area contributed by atoms with E-state index in [0.29, 0.717) is 23.2 Å². The number of amidine groups is 1. The molecule has 2 N–H and O–H groups in total. The number of amides is 2. The molecule has 1 fully saturated rings. The third-order valence-electron chi connectivity index (χ3n) is 3.82. The minimum atomic E-state index is -0.544. The molecule has 7 nitrogen and oxygen atoms in total. The largest absolute Gasteiger partial charge is 0.493 e. The maximum absolute atomic E-state index is 12.2. The van der Waals surface area contributed by atoms with E-state index in [-0.39, 0.29) is 18.2 Å². The second kappa shape index (κ2) is 10.2. The van der Waals surface area contributed by atoms with E-state index in [9.17, 15) is 9.59 Å². The summed E-state index contributed by atoms with van der Waals surface area (Å²) in [4.78, 5) is 24.3. The fourth-order valence-corrected chi connectivity index (χ4v) is 3.84. The van der Waals surface area contributed by atoms with Gasteiger partial charge in [0.1, 0.15) is 11.0 Å². The molecule has 0 aliphatic carbocycles. The van der Waals surface area contributed by atoms with Crippen molar-refractivity contribution in [2.45, 2.75) is 18.6 Å². The summed E-state index contributed by atoms with van der Waals surface area (Å²) < 4.78 is 6.45. The van der Waals surface area contributed by atoms with Gasteiger partial charge in [0.15, 0.2) is 5.17 Å². The summed E-state index contributed by atoms with van der Waals surface area (Å²) in [7, 11) is 0. The van der Waals surface area contributed by atoms with Gasteiger partial charge in [0.2, 0.25) is 11.8 Å². The summed E-state index contributed by atoms with van der Waals surface area (Å²) in [6.07, 6.45) is 1.61. The highest BCUT2D eigenvalue weighted by atomic mass is 79.9. The Morgan fingerprint density at radius 3 is 2.86 bits per heavy atom. The molecule has 9 heteroatoms. The molecule has 0 radical (unpaired) electrons. The second-order valence-electron chi connectivity index (χ2n) is 5.98. The van der Waals surface area contributed by atoms with E-state index >= 15 is 0 Å². The first kappa shape index (κ1) is 21.1. The summed E-state index contributed by atoms with van der Waals surface area (Å²) in [5.41, 5.74) is 1.46. The van der Waals surface area contributed by atoms with Crippen molar-refractivity contribution >= 4 is 56.6 Å². The zero-order valence-corrected chi connectivity index (χ0v) is 18.0. The van der Waals surface area contributed by atoms with Crippen LogP contribution >= 0.6 is 27.7 Å². The average molecular weight is 475 g/mol. The first-order valence-electron chi connectivity index (χ1n) is 8.91. The number of rotatable bonds is 7. The summed E-state index contributed by atoms with van der Waals surface area (Å²) in [6.45, 7) is 2.44. The van der Waals surface area contributed by atoms with Gasteiger partial charge in [-0.2, -0.15) is 5.10 Å². The van der Waals surface area contributed by atoms with Crippen LogP contribution in [0.4, 0.5) is 5.69 Å². The van der Waals surface area contributed by atoms with Crippen molar-refractivity contribution in [2.24, 2.45) is 10.2 Å². The van der Waals surface area contributed by atoms with E-state index in [2.05, 4.69) is 36.8 Å². The Morgan fingerprint density at radius 1 is 1.31 bits per heavy atom. The minimum Gasteiger partial charge on any atom is -0.493 e. The van der Waals surface area contributed by atoms with Gasteiger partial charge in [-0.15, -0.1) is 5.10 Å². The van der Waals surface area contributed by atoms with Crippen LogP contribution in [0, 0.1) is 0 Å². The molecule has 1 aliphatic heterocycles. The van der Waals surface area contributed by atoms with Crippen LogP contribution < -0.4 is 15.4 Å². The first-order chi connectivity index (χ1) is 14.0. The van der Waals surface area contributed by atoms with Crippen LogP contribution in [0.25, 0.3) is 0 Å². The van der Waals surface area contributed by atoms with Gasteiger partial charge in [-0.05, 0) is 37.3 Å². The van der Waals surface area contributed by atoms with Gasteiger partial charge < -0.3 is 15.4 Å². The van der Waals surface area contributed by atoms with E-state index in [1.165, 1.54) is 11.8 Å². The van der Waals surface area contributed by atoms with Gasteiger partial charge in [-0.25, -0.2) is 0 Å². The van der Waals surface area contributed by atoms with Crippen molar-refractivity contribution in [3.8, 4) is 5.75 Å². The number of hydrogen-bond donors (Lipinski definition) is 2. The van der Waals surface area contributed by atoms with Gasteiger partial charge in [-0.3, -0.25) is 9.59 Å². The van der Waals surface area contributed by atoms with Crippen molar-refractivity contribution in [1.29, 1.82) is 0 Å². The normalized spacial score (nSPS) is 17.5. The number of halogens is 1. The molecule has 0 spiro atoms. The highest BCUT2D eigenvalue weighted by Gasteiger charge is 2.32. The number of nitrogens with one attached hydrogen (secondary N) is 2. The van der Waals surface area contributed by atoms with E-state index in [0.717, 1.165) is 10.0 Å². The topological polar surface area (TPSA) is 92.2 Å². The Balaban J connectivity index is 1.60. The Bertz CT molecular complexity index is 950. The molecule has 1 saturated heterocycles. The molecule has 150 valence electrons. The third-order valence-corrected chi connectivity index (χ3v) is 5.39. The third kappa shape index (κ3) is 6.16. The summed E-state index contributed by atoms with van der Waals surface area (Å²) in [6, 6.07) is 14.7. The predicted molar refractivity (Wildman–Crippen MR) is 120 cm³/mol. The summed E-state index contributed by atoms with van der Waals surface area (Å²) in [5, 5.41) is 13.3. The van der Waals surface area contributed by atoms with E-state index in [1.54, 1.807) is 18.3 Å². The SMILES string of the molecule is CCOc1ccc(Br)cc1/C=N\N=C1/NC(=O)[C@@H](CC(=O)Nc2ccccc2)S1. The lowest BCUT2D eigenvalue weighted by Crippen LogP contribution is -2.28. The molecule has 0 bridgehead atoms. The predicted octanol–water partition coefficient (Wildman–Crippen LogP) is 3.80. The second-order valence-corrected chi connectivity index (χ2v) is 8.09. The Morgan fingerprint density at radius 2 is 2.10 bits per heavy atom. The van der Waals surface area contributed by atoms with E-state index < -0.39 is 5.25 Å². The maximum Gasteiger partial charge on any atom is 0.240 e. The highest BCUT2D eigenvalue weighted by Crippen LogP contribution is 2.24. The Labute approximate surface area is 181 Å². The number of carbonyl (C=O) groups excluding carboxylic acids is 2. The van der Waals surface area contributed by atoms with Crippen LogP contribution in [0.5, 0.6) is 5.75 Å². The van der Waals surface area contributed by atoms with Crippen LogP contribution in [-0.2, 0) is 9.59 Å². The molecule has 3 rings (SSSR count). The minimum absolute atomic E-state index is 0.0498. The molecule has 1 atom stereocenters. The van der Waals surface area contributed by atoms with Crippen molar-refractivity contribution in [3.05, 3.63) is 58.6 Å². The van der Waals surface area contributed by atoms with Crippen LogP contribution in [0.15, 0.2) is 63.2 Å². The van der Waals surface area contributed by atoms with Gasteiger partial charge in [0.25, 0.3) is 0 Å². The van der Waals surface area contributed by atoms with E-state index in [4.69, 9.17) is 4.74 Å². The lowest BCUT2D eigenvalue weighted by atomic mass is 10.2. The van der Waals surface area contributed by atoms with Crippen molar-refractivity contribution < 1.29 is 14.3 Å². The standard InChI is InChI=1S/C20H19BrN4O3S/c1-2-28-16-9-8-14(21)10-13(16)12-22-25-20-24-19(27)17(29-20)11-18(26)23-15-6-4-3-5-7-15/h3-10,12,17H,2,11H2,1H3,(H,23,26)(H,24,25,27)/b22-12-/t17-/m1/s1. The zero-order chi connectivity index (χ0) is 20.6. The summed E-state index contributed by atoms with van der Waals surface area (Å²) >= 11 is 4.60. The van der Waals surface area contributed by atoms with Gasteiger partial charge in [-0.1, -0.05) is 45.9 Å². The molecular formula is C20H19BrN4O3S. The van der Waals surface area contributed by atoms with Crippen molar-refractivity contribution in [2.75, 3.05) is 11.9 Å². The zero-order valence-electron chi connectivity index (χ0n) is 15.6. The smallest absolute Gasteiger partial charge is 0.240 e. The molecule has 0 saturated carbocycles. The molecule has 29 heavy (non-hydrogen) atoms. The van der Waals surface area contributed by atoms with Crippen molar-refractivity contribution in [1.82, 2.24) is 5.32 Å². The number of anilines is 1. The van der Waals surface area contributed by atoms with Crippen LogP contribution in [0.1, 0.15) is 18.9 Å². The van der Waals surface area contributed by atoms with Crippen LogP contribution in [0.2, 0.25) is 0 Å². The van der Waals surface area contributed by atoms with Gasteiger partial charge >= 0.3 is 0 Å². The van der Waals surface area contributed by atoms with Crippen LogP contribution in [-0.4, -0.2) is 35.1 Å². The Kier molecular flexibility index (Phi) is 7.42. The molecule has 1 heterocycles. The lowest BCUT2D eigenvalue weighted by molar-refractivity contribution is -0.122. The molecule has 2 aromatic carbocycles. The molecule has 0 unspecified atom stereocenters. The average Bonchev–Trinajstić information content (AvgIpc) is 3.04. The monoisotopic (exact) mass is 474 g/mol. The van der Waals surface area contributed by atoms with Gasteiger partial charge in [0, 0.05) is 22.1 Å². The number of thioether (sulfide) groups is 1. The highest BCUT2D eigenvalue weighted by molar-refractivity contribution is 9.10. The lowest BCUT2D eigenvalue weighted by Gasteiger charge is -2.07. The number of carbonyl (C=O) groups is 2. The number of hydrogen-bond acceptors (Lipinski definition) is 6. The fraction of sp³-hybridized carbons (Fsp3) is 0.200. The number of nitrogens with zero attached hydrogens (tertiary/aromatic N) is 2. The molecular weight excluding hydrogens is 456 g/mol. The molecule has 2 amide bonds. The Hall–Kier alpha value is -2.65. The number of para-hydroxylation sites is 1. The summed E-state index contributed by atoms with van der Waals surface area (Å²) in [5.74, 6) is 0.201. The fourth-order valence-electron chi connectivity index (χ4n) is 2.54. The molecule has 0 aromatic heterocycles. The van der Waals surface area contributed by atoms with Gasteiger partial charge in [0.05, 0.1) is 12.8 Å². The quantitative estimate of drug-likeness (QED) is 0.471. The number of benzene rings is 2. The first-order valence-corrected chi connectivity index (χ1v) is 10.6. The van der Waals surface area contributed by atoms with E-state index in [1.807, 2.05) is 43.3 Å². The molecule has 1 aliphatic rings. The van der Waals surface area contributed by atoms with Crippen molar-refractivity contribution in [3.63, 3.8) is 0 Å².